The molecule has 21 heteroatoms. The van der Waals surface area contributed by atoms with E-state index in [0.29, 0.717) is 60.1 Å². The van der Waals surface area contributed by atoms with Crippen LogP contribution in [-0.2, 0) is 12.8 Å². The van der Waals surface area contributed by atoms with Crippen LogP contribution in [0, 0.1) is 0 Å². The normalized spacial score (nSPS) is 14.6. The number of nitrogens with one attached hydrogen (secondary N) is 3. The lowest BCUT2D eigenvalue weighted by Gasteiger charge is -2.29. The zero-order chi connectivity index (χ0) is 45.1. The number of hydrogen-bond acceptors (Lipinski definition) is 13. The topological polar surface area (TPSA) is 207 Å². The zero-order valence-electron chi connectivity index (χ0n) is 33.5. The number of nitrogens with zero attached hydrogens (tertiary/aromatic N) is 6. The lowest BCUT2D eigenvalue weighted by molar-refractivity contribution is 0.0923. The van der Waals surface area contributed by atoms with Gasteiger partial charge in [0.1, 0.15) is 11.1 Å². The molecule has 0 spiro atoms. The van der Waals surface area contributed by atoms with E-state index < -0.39 is 0 Å². The lowest BCUT2D eigenvalue weighted by Crippen LogP contribution is -2.39. The molecule has 6 aromatic rings. The number of amides is 4. The first-order valence-corrected chi connectivity index (χ1v) is 22.0. The Kier molecular flexibility index (Phi) is 13.2. The molecule has 4 aliphatic rings. The van der Waals surface area contributed by atoms with Crippen LogP contribution in [0.5, 0.6) is 11.8 Å². The van der Waals surface area contributed by atoms with Gasteiger partial charge in [0.2, 0.25) is 17.7 Å². The SMILES string of the molecule is CSc1ncc2c(n1)OCN(c1c(Cl)cccc1Cl)C2=O.Nc1ccc2c(c1)C(=O)NCC2.O=C1NCCc2ccc(Nc3ncc4c(n3)OCN(c3c(Cl)cccc3Cl)C4=O)cc21. The number of anilines is 5. The summed E-state index contributed by atoms with van der Waals surface area (Å²) in [5.41, 5.74) is 11.6. The maximum Gasteiger partial charge on any atom is 0.268 e. The van der Waals surface area contributed by atoms with Gasteiger partial charge in [0, 0.05) is 48.0 Å². The minimum Gasteiger partial charge on any atom is -0.455 e. The van der Waals surface area contributed by atoms with Crippen molar-refractivity contribution < 1.29 is 28.7 Å². The van der Waals surface area contributed by atoms with Crippen LogP contribution in [0.1, 0.15) is 52.6 Å². The quantitative estimate of drug-likeness (QED) is 0.0738. The molecular formula is C43H34Cl4N10O6S. The number of para-hydroxylation sites is 2. The van der Waals surface area contributed by atoms with Crippen LogP contribution in [0.3, 0.4) is 0 Å². The molecule has 4 aliphatic heterocycles. The van der Waals surface area contributed by atoms with E-state index in [1.54, 1.807) is 48.5 Å². The molecule has 4 aromatic carbocycles. The summed E-state index contributed by atoms with van der Waals surface area (Å²) in [5, 5.41) is 10.6. The van der Waals surface area contributed by atoms with Gasteiger partial charge < -0.3 is 31.2 Å². The van der Waals surface area contributed by atoms with Gasteiger partial charge in [-0.05, 0) is 78.8 Å². The van der Waals surface area contributed by atoms with Gasteiger partial charge in [0.05, 0.1) is 31.5 Å². The first kappa shape index (κ1) is 44.2. The Morgan fingerprint density at radius 2 is 1.16 bits per heavy atom. The molecule has 0 atom stereocenters. The second-order valence-corrected chi connectivity index (χ2v) is 16.5. The van der Waals surface area contributed by atoms with E-state index in [1.165, 1.54) is 34.0 Å². The average Bonchev–Trinajstić information content (AvgIpc) is 3.28. The molecule has 2 aromatic heterocycles. The molecule has 64 heavy (non-hydrogen) atoms. The van der Waals surface area contributed by atoms with Gasteiger partial charge in [0.25, 0.3) is 23.6 Å². The van der Waals surface area contributed by atoms with Crippen LogP contribution in [0.2, 0.25) is 20.1 Å². The number of carbonyl (C=O) groups excluding carboxylic acids is 4. The second kappa shape index (κ2) is 19.2. The molecule has 0 bridgehead atoms. The van der Waals surface area contributed by atoms with E-state index in [0.717, 1.165) is 36.1 Å². The highest BCUT2D eigenvalue weighted by Crippen LogP contribution is 2.38. The van der Waals surface area contributed by atoms with Gasteiger partial charge in [-0.25, -0.2) is 9.97 Å². The number of rotatable bonds is 5. The van der Waals surface area contributed by atoms with Crippen LogP contribution in [-0.4, -0.2) is 76.4 Å². The summed E-state index contributed by atoms with van der Waals surface area (Å²) in [4.78, 5) is 68.4. The predicted octanol–water partition coefficient (Wildman–Crippen LogP) is 7.87. The lowest BCUT2D eigenvalue weighted by atomic mass is 10.00. The van der Waals surface area contributed by atoms with Crippen LogP contribution >= 0.6 is 58.2 Å². The van der Waals surface area contributed by atoms with E-state index >= 15 is 0 Å². The summed E-state index contributed by atoms with van der Waals surface area (Å²) in [6.07, 6.45) is 6.38. The van der Waals surface area contributed by atoms with Crippen LogP contribution in [0.15, 0.2) is 90.3 Å². The molecular weight excluding hydrogens is 926 g/mol. The number of benzene rings is 4. The third-order valence-corrected chi connectivity index (χ3v) is 11.8. The van der Waals surface area contributed by atoms with Gasteiger partial charge >= 0.3 is 0 Å². The standard InChI is InChI=1S/C21H15Cl2N5O3.C13H9Cl2N3O2S.C9H10N2O/c22-15-2-1-3-16(23)17(15)28-10-31-19-14(20(28)30)9-25-21(27-19)26-12-5-4-11-6-7-24-18(29)13(11)8-12;1-21-13-16-5-7-11(17-13)20-6-18(12(7)19)10-8(14)3-2-4-9(10)15;10-7-2-1-6-3-4-11-9(12)8(6)5-7/h1-5,8-9H,6-7,10H2,(H,24,29)(H,25,26,27);2-5H,6H2,1H3;1-2,5H,3-4,10H2,(H,11,12). The van der Waals surface area contributed by atoms with Gasteiger partial charge in [0.15, 0.2) is 18.6 Å². The molecule has 0 radical (unpaired) electrons. The fourth-order valence-electron chi connectivity index (χ4n) is 6.92. The summed E-state index contributed by atoms with van der Waals surface area (Å²) in [6.45, 7) is 1.27. The molecule has 4 amide bonds. The van der Waals surface area contributed by atoms with E-state index in [9.17, 15) is 19.2 Å². The summed E-state index contributed by atoms with van der Waals surface area (Å²) in [7, 11) is 0. The van der Waals surface area contributed by atoms with Crippen molar-refractivity contribution in [2.24, 2.45) is 0 Å². The molecule has 10 rings (SSSR count). The highest BCUT2D eigenvalue weighted by molar-refractivity contribution is 7.98. The minimum absolute atomic E-state index is 0.000120. The van der Waals surface area contributed by atoms with Crippen molar-refractivity contribution >= 4 is 110 Å². The fraction of sp³-hybridized carbons (Fsp3) is 0.163. The smallest absolute Gasteiger partial charge is 0.268 e. The van der Waals surface area contributed by atoms with Crippen molar-refractivity contribution in [1.29, 1.82) is 0 Å². The first-order chi connectivity index (χ1) is 30.9. The number of nitrogens with two attached hydrogens (primary N) is 1. The Morgan fingerprint density at radius 1 is 0.656 bits per heavy atom. The largest absolute Gasteiger partial charge is 0.455 e. The fourth-order valence-corrected chi connectivity index (χ4v) is 8.46. The minimum atomic E-state index is -0.367. The van der Waals surface area contributed by atoms with Crippen molar-refractivity contribution in [2.45, 2.75) is 18.0 Å². The highest BCUT2D eigenvalue weighted by Gasteiger charge is 2.33. The monoisotopic (exact) mass is 958 g/mol. The van der Waals surface area contributed by atoms with Crippen molar-refractivity contribution in [2.75, 3.05) is 53.7 Å². The van der Waals surface area contributed by atoms with Gasteiger partial charge in [-0.3, -0.25) is 29.0 Å². The van der Waals surface area contributed by atoms with E-state index in [4.69, 9.17) is 61.6 Å². The Morgan fingerprint density at radius 3 is 1.70 bits per heavy atom. The summed E-state index contributed by atoms with van der Waals surface area (Å²) >= 11 is 26.1. The summed E-state index contributed by atoms with van der Waals surface area (Å²) in [6, 6.07) is 21.0. The second-order valence-electron chi connectivity index (χ2n) is 14.1. The Balaban J connectivity index is 0.000000146. The van der Waals surface area contributed by atoms with Crippen molar-refractivity contribution in [3.05, 3.63) is 139 Å². The average molecular weight is 961 g/mol. The van der Waals surface area contributed by atoms with Crippen molar-refractivity contribution in [1.82, 2.24) is 30.6 Å². The van der Waals surface area contributed by atoms with Crippen molar-refractivity contribution in [3.8, 4) is 11.8 Å². The molecule has 326 valence electrons. The molecule has 6 heterocycles. The first-order valence-electron chi connectivity index (χ1n) is 19.3. The molecule has 0 unspecified atom stereocenters. The maximum atomic E-state index is 13.0. The zero-order valence-corrected chi connectivity index (χ0v) is 37.3. The van der Waals surface area contributed by atoms with Gasteiger partial charge in [-0.15, -0.1) is 0 Å². The molecule has 0 fully saturated rings. The third kappa shape index (κ3) is 9.30. The number of nitrogen functional groups attached to an aromatic ring is 1. The van der Waals surface area contributed by atoms with Gasteiger partial charge in [-0.2, -0.15) is 9.97 Å². The van der Waals surface area contributed by atoms with E-state index in [-0.39, 0.29) is 65.9 Å². The summed E-state index contributed by atoms with van der Waals surface area (Å²) < 4.78 is 11.2. The molecule has 0 saturated heterocycles. The summed E-state index contributed by atoms with van der Waals surface area (Å²) in [5.74, 6) is -0.109. The molecule has 0 saturated carbocycles. The molecule has 5 N–H and O–H groups in total. The number of halogens is 4. The number of thioether (sulfide) groups is 1. The van der Waals surface area contributed by atoms with Gasteiger partial charge in [-0.1, -0.05) is 82.4 Å². The molecule has 0 aliphatic carbocycles. The number of aromatic nitrogens is 4. The number of hydrogen-bond donors (Lipinski definition) is 4. The van der Waals surface area contributed by atoms with E-state index in [1.807, 2.05) is 30.5 Å². The van der Waals surface area contributed by atoms with Crippen LogP contribution < -0.4 is 41.0 Å². The maximum absolute atomic E-state index is 13.0. The number of fused-ring (bicyclic) bond motifs is 4. The Hall–Kier alpha value is -6.37. The Labute approximate surface area is 389 Å². The Bertz CT molecular complexity index is 2820. The highest BCUT2D eigenvalue weighted by atomic mass is 35.5. The predicted molar refractivity (Wildman–Crippen MR) is 246 cm³/mol. The number of ether oxygens (including phenoxy) is 2. The third-order valence-electron chi connectivity index (χ3n) is 10.0. The van der Waals surface area contributed by atoms with Crippen LogP contribution in [0.25, 0.3) is 0 Å². The number of carbonyl (C=O) groups is 4. The van der Waals surface area contributed by atoms with Crippen molar-refractivity contribution in [3.63, 3.8) is 0 Å². The molecule has 16 nitrogen and oxygen atoms in total. The van der Waals surface area contributed by atoms with Crippen LogP contribution in [0.4, 0.5) is 28.7 Å². The van der Waals surface area contributed by atoms with E-state index in [2.05, 4.69) is 35.9 Å².